The van der Waals surface area contributed by atoms with E-state index in [0.717, 1.165) is 6.54 Å². The summed E-state index contributed by atoms with van der Waals surface area (Å²) >= 11 is 0. The second kappa shape index (κ2) is 9.03. The molecule has 1 unspecified atom stereocenters. The van der Waals surface area contributed by atoms with Crippen molar-refractivity contribution in [3.63, 3.8) is 0 Å². The molecule has 0 bridgehead atoms. The van der Waals surface area contributed by atoms with E-state index in [1.165, 1.54) is 19.1 Å². The van der Waals surface area contributed by atoms with E-state index in [1.54, 1.807) is 6.08 Å². The first-order valence-corrected chi connectivity index (χ1v) is 10.7. The van der Waals surface area contributed by atoms with Gasteiger partial charge in [-0.2, -0.15) is 26.3 Å². The summed E-state index contributed by atoms with van der Waals surface area (Å²) in [6.45, 7) is 3.20. The third-order valence-electron chi connectivity index (χ3n) is 6.67. The molecule has 2 fully saturated rings. The maximum atomic E-state index is 13.5. The zero-order valence-corrected chi connectivity index (χ0v) is 17.7. The number of hydrogen-bond acceptors (Lipinski definition) is 3. The van der Waals surface area contributed by atoms with E-state index < -0.39 is 35.9 Å². The van der Waals surface area contributed by atoms with Gasteiger partial charge < -0.3 is 14.8 Å². The summed E-state index contributed by atoms with van der Waals surface area (Å²) in [5.41, 5.74) is -3.02. The summed E-state index contributed by atoms with van der Waals surface area (Å²) in [5.74, 6) is -0.359. The molecule has 0 spiro atoms. The topological polar surface area (TPSA) is 30.5 Å². The minimum Gasteiger partial charge on any atom is -0.352 e. The molecule has 2 heterocycles. The van der Waals surface area contributed by atoms with Crippen molar-refractivity contribution in [3.05, 3.63) is 58.9 Å². The summed E-state index contributed by atoms with van der Waals surface area (Å²) in [6.07, 6.45) is -6.85. The third kappa shape index (κ3) is 5.27. The highest BCUT2D eigenvalue weighted by atomic mass is 19.4. The number of ether oxygens (including phenoxy) is 2. The number of hydrogen-bond donors (Lipinski definition) is 1. The van der Waals surface area contributed by atoms with E-state index in [1.807, 2.05) is 0 Å². The first-order valence-electron chi connectivity index (χ1n) is 10.7. The van der Waals surface area contributed by atoms with Crippen molar-refractivity contribution in [2.24, 2.45) is 23.7 Å². The van der Waals surface area contributed by atoms with Gasteiger partial charge in [0.15, 0.2) is 6.29 Å². The second-order valence-corrected chi connectivity index (χ2v) is 8.83. The van der Waals surface area contributed by atoms with Gasteiger partial charge in [0.2, 0.25) is 0 Å². The Morgan fingerprint density at radius 2 is 1.70 bits per heavy atom. The Balaban J connectivity index is 1.61. The van der Waals surface area contributed by atoms with Crippen LogP contribution in [0.4, 0.5) is 30.7 Å². The van der Waals surface area contributed by atoms with Gasteiger partial charge in [0, 0.05) is 12.5 Å². The molecule has 4 rings (SSSR count). The predicted octanol–water partition coefficient (Wildman–Crippen LogP) is 6.04. The molecule has 0 aromatic heterocycles. The predicted molar refractivity (Wildman–Crippen MR) is 105 cm³/mol. The Hall–Kier alpha value is -1.91. The van der Waals surface area contributed by atoms with Crippen molar-refractivity contribution in [2.75, 3.05) is 19.7 Å². The van der Waals surface area contributed by atoms with Gasteiger partial charge in [0.1, 0.15) is 5.83 Å². The van der Waals surface area contributed by atoms with E-state index in [0.29, 0.717) is 31.7 Å². The zero-order valence-electron chi connectivity index (χ0n) is 17.7. The normalized spacial score (nSPS) is 31.3. The molecule has 3 aliphatic rings. The quantitative estimate of drug-likeness (QED) is 0.535. The number of rotatable bonds is 4. The number of halogens is 7. The van der Waals surface area contributed by atoms with Gasteiger partial charge in [-0.1, -0.05) is 6.08 Å². The van der Waals surface area contributed by atoms with Crippen molar-refractivity contribution in [1.82, 2.24) is 5.32 Å². The van der Waals surface area contributed by atoms with E-state index in [9.17, 15) is 30.7 Å². The fourth-order valence-corrected chi connectivity index (χ4v) is 4.96. The van der Waals surface area contributed by atoms with Gasteiger partial charge in [-0.15, -0.1) is 0 Å². The molecule has 2 saturated heterocycles. The Morgan fingerprint density at radius 1 is 1.03 bits per heavy atom. The molecule has 0 amide bonds. The monoisotopic (exact) mass is 479 g/mol. The van der Waals surface area contributed by atoms with E-state index in [-0.39, 0.29) is 41.1 Å². The molecule has 0 saturated carbocycles. The van der Waals surface area contributed by atoms with Crippen LogP contribution < -0.4 is 5.32 Å². The molecular formula is C23H24F7NO2. The highest BCUT2D eigenvalue weighted by molar-refractivity contribution is 5.34. The summed E-state index contributed by atoms with van der Waals surface area (Å²) in [5, 5.41) is 3.30. The molecule has 10 heteroatoms. The smallest absolute Gasteiger partial charge is 0.352 e. The van der Waals surface area contributed by atoms with Crippen LogP contribution in [-0.4, -0.2) is 26.0 Å². The van der Waals surface area contributed by atoms with Crippen LogP contribution in [0.1, 0.15) is 36.1 Å². The highest BCUT2D eigenvalue weighted by Crippen LogP contribution is 2.44. The Labute approximate surface area is 186 Å². The first-order chi connectivity index (χ1) is 15.4. The lowest BCUT2D eigenvalue weighted by molar-refractivity contribution is -0.243. The SMILES string of the molecule is C[C@H](O[C@@H]1OC[C@@H]2CNC[C@@H]2[C@H]1C1C=CC(F)=CC1)c1cc(C(F)(F)F)cc(C(F)(F)F)c1. The average Bonchev–Trinajstić information content (AvgIpc) is 3.21. The molecule has 6 atom stereocenters. The third-order valence-corrected chi connectivity index (χ3v) is 6.67. The van der Waals surface area contributed by atoms with Crippen LogP contribution >= 0.6 is 0 Å². The van der Waals surface area contributed by atoms with E-state index >= 15 is 0 Å². The van der Waals surface area contributed by atoms with Crippen LogP contribution in [0, 0.1) is 23.7 Å². The zero-order chi connectivity index (χ0) is 24.0. The van der Waals surface area contributed by atoms with Crippen molar-refractivity contribution < 1.29 is 40.2 Å². The Morgan fingerprint density at radius 3 is 2.27 bits per heavy atom. The molecule has 1 aromatic carbocycles. The maximum absolute atomic E-state index is 13.5. The minimum absolute atomic E-state index is 0.0959. The molecule has 1 N–H and O–H groups in total. The lowest BCUT2D eigenvalue weighted by atomic mass is 9.72. The van der Waals surface area contributed by atoms with Crippen LogP contribution in [0.2, 0.25) is 0 Å². The minimum atomic E-state index is -4.94. The van der Waals surface area contributed by atoms with Gasteiger partial charge in [-0.3, -0.25) is 0 Å². The van der Waals surface area contributed by atoms with Crippen molar-refractivity contribution in [3.8, 4) is 0 Å². The summed E-state index contributed by atoms with van der Waals surface area (Å²) in [4.78, 5) is 0. The molecule has 1 aromatic rings. The molecule has 0 radical (unpaired) electrons. The van der Waals surface area contributed by atoms with E-state index in [4.69, 9.17) is 9.47 Å². The Bertz CT molecular complexity index is 892. The van der Waals surface area contributed by atoms with Gasteiger partial charge in [-0.25, -0.2) is 4.39 Å². The lowest BCUT2D eigenvalue weighted by Crippen LogP contribution is -2.46. The van der Waals surface area contributed by atoms with Crippen LogP contribution in [0.3, 0.4) is 0 Å². The van der Waals surface area contributed by atoms with Crippen LogP contribution in [-0.2, 0) is 21.8 Å². The standard InChI is InChI=1S/C23H24F7NO2/c1-12(14-6-16(22(25,26)27)8-17(7-14)23(28,29)30)33-21-20(13-2-4-18(24)5-3-13)19-10-31-9-15(19)11-32-21/h2,4-8,12-13,15,19-21,31H,3,9-11H2,1H3/t12-,13?,15-,19-,20+,21-/m0/s1. The maximum Gasteiger partial charge on any atom is 0.416 e. The highest BCUT2D eigenvalue weighted by Gasteiger charge is 2.47. The fraction of sp³-hybridized carbons (Fsp3) is 0.565. The number of allylic oxidation sites excluding steroid dienone is 4. The van der Waals surface area contributed by atoms with Gasteiger partial charge in [-0.05, 0) is 73.6 Å². The van der Waals surface area contributed by atoms with Gasteiger partial charge in [0.05, 0.1) is 23.8 Å². The largest absolute Gasteiger partial charge is 0.416 e. The molecule has 1 aliphatic carbocycles. The summed E-state index contributed by atoms with van der Waals surface area (Å²) in [6, 6.07) is 1.45. The number of benzene rings is 1. The van der Waals surface area contributed by atoms with Crippen molar-refractivity contribution >= 4 is 0 Å². The van der Waals surface area contributed by atoms with Crippen LogP contribution in [0.25, 0.3) is 0 Å². The molecule has 3 nitrogen and oxygen atoms in total. The first kappa shape index (κ1) is 24.2. The average molecular weight is 479 g/mol. The van der Waals surface area contributed by atoms with E-state index in [2.05, 4.69) is 5.32 Å². The lowest BCUT2D eigenvalue weighted by Gasteiger charge is -2.43. The molecule has 2 aliphatic heterocycles. The van der Waals surface area contributed by atoms with Crippen LogP contribution in [0.5, 0.6) is 0 Å². The molecular weight excluding hydrogens is 455 g/mol. The summed E-state index contributed by atoms with van der Waals surface area (Å²) < 4.78 is 105. The van der Waals surface area contributed by atoms with Crippen molar-refractivity contribution in [2.45, 2.75) is 38.1 Å². The number of fused-ring (bicyclic) bond motifs is 1. The van der Waals surface area contributed by atoms with Crippen LogP contribution in [0.15, 0.2) is 42.3 Å². The number of nitrogens with one attached hydrogen (secondary N) is 1. The summed E-state index contributed by atoms with van der Waals surface area (Å²) in [7, 11) is 0. The second-order valence-electron chi connectivity index (χ2n) is 8.83. The molecule has 33 heavy (non-hydrogen) atoms. The molecule has 182 valence electrons. The van der Waals surface area contributed by atoms with Crippen molar-refractivity contribution in [1.29, 1.82) is 0 Å². The number of alkyl halides is 6. The fourth-order valence-electron chi connectivity index (χ4n) is 4.96. The van der Waals surface area contributed by atoms with Gasteiger partial charge >= 0.3 is 12.4 Å². The Kier molecular flexibility index (Phi) is 6.63. The van der Waals surface area contributed by atoms with Gasteiger partial charge in [0.25, 0.3) is 0 Å².